The van der Waals surface area contributed by atoms with Gasteiger partial charge in [-0.1, -0.05) is 18.2 Å². The summed E-state index contributed by atoms with van der Waals surface area (Å²) in [6.07, 6.45) is 0.743. The molecular formula is C24H26N2O5. The zero-order chi connectivity index (χ0) is 22.1. The molecule has 0 bridgehead atoms. The Balaban J connectivity index is 1.87. The van der Waals surface area contributed by atoms with Crippen LogP contribution in [0.15, 0.2) is 51.7 Å². The number of amides is 1. The van der Waals surface area contributed by atoms with Gasteiger partial charge in [-0.25, -0.2) is 0 Å². The van der Waals surface area contributed by atoms with Crippen molar-refractivity contribution in [3.63, 3.8) is 0 Å². The number of benzene rings is 2. The van der Waals surface area contributed by atoms with Crippen molar-refractivity contribution in [3.8, 4) is 11.5 Å². The Morgan fingerprint density at radius 2 is 1.94 bits per heavy atom. The van der Waals surface area contributed by atoms with Crippen molar-refractivity contribution in [2.24, 2.45) is 0 Å². The first kappa shape index (κ1) is 20.9. The number of para-hydroxylation sites is 1. The molecule has 0 radical (unpaired) electrons. The fourth-order valence-electron chi connectivity index (χ4n) is 4.07. The van der Waals surface area contributed by atoms with Crippen molar-refractivity contribution >= 4 is 16.9 Å². The minimum absolute atomic E-state index is 0.0138. The van der Waals surface area contributed by atoms with Crippen LogP contribution in [0.25, 0.3) is 11.0 Å². The molecule has 1 N–H and O–H groups in total. The number of hydrogen-bond donors (Lipinski definition) is 1. The summed E-state index contributed by atoms with van der Waals surface area (Å²) in [5.74, 6) is 0.122. The van der Waals surface area contributed by atoms with Crippen molar-refractivity contribution < 1.29 is 19.1 Å². The van der Waals surface area contributed by atoms with E-state index in [1.54, 1.807) is 41.3 Å². The molecule has 2 aromatic carbocycles. The molecule has 31 heavy (non-hydrogen) atoms. The number of ether oxygens (including phenoxy) is 1. The second-order valence-electron chi connectivity index (χ2n) is 7.89. The minimum Gasteiger partial charge on any atom is -0.504 e. The van der Waals surface area contributed by atoms with Crippen LogP contribution in [0.2, 0.25) is 0 Å². The predicted molar refractivity (Wildman–Crippen MR) is 118 cm³/mol. The Bertz CT molecular complexity index is 1180. The second-order valence-corrected chi connectivity index (χ2v) is 7.89. The molecule has 7 nitrogen and oxygen atoms in total. The third kappa shape index (κ3) is 3.77. The summed E-state index contributed by atoms with van der Waals surface area (Å²) in [4.78, 5) is 30.5. The summed E-state index contributed by atoms with van der Waals surface area (Å²) in [7, 11) is 3.95. The van der Waals surface area contributed by atoms with Crippen LogP contribution in [0, 0.1) is 0 Å². The number of phenols is 1. The van der Waals surface area contributed by atoms with Crippen LogP contribution < -0.4 is 10.2 Å². The summed E-state index contributed by atoms with van der Waals surface area (Å²) in [6.45, 7) is 3.48. The van der Waals surface area contributed by atoms with Crippen molar-refractivity contribution in [3.05, 3.63) is 69.6 Å². The molecule has 1 unspecified atom stereocenters. The Morgan fingerprint density at radius 1 is 1.16 bits per heavy atom. The minimum atomic E-state index is -0.606. The highest BCUT2D eigenvalue weighted by molar-refractivity contribution is 5.99. The molecule has 0 aliphatic carbocycles. The number of fused-ring (bicyclic) bond motifs is 2. The van der Waals surface area contributed by atoms with Crippen molar-refractivity contribution in [1.29, 1.82) is 0 Å². The van der Waals surface area contributed by atoms with Gasteiger partial charge < -0.3 is 24.1 Å². The number of carbonyl (C=O) groups excluding carboxylic acids is 1. The molecule has 162 valence electrons. The van der Waals surface area contributed by atoms with E-state index in [9.17, 15) is 14.7 Å². The average Bonchev–Trinajstić information content (AvgIpc) is 3.02. The number of rotatable bonds is 7. The molecule has 3 aromatic rings. The standard InChI is InChI=1S/C24H26N2O5/c1-4-30-19-14-15(10-11-17(19)27)21-20-22(28)16-8-5-6-9-18(16)31-23(20)24(29)26(21)13-7-12-25(2)3/h5-6,8-11,14,21,27H,4,7,12-13H2,1-3H3. The summed E-state index contributed by atoms with van der Waals surface area (Å²) in [5, 5.41) is 10.6. The lowest BCUT2D eigenvalue weighted by Crippen LogP contribution is -2.32. The molecule has 1 aliphatic heterocycles. The van der Waals surface area contributed by atoms with Crippen molar-refractivity contribution in [1.82, 2.24) is 9.80 Å². The smallest absolute Gasteiger partial charge is 0.290 e. The molecule has 1 aliphatic rings. The molecule has 7 heteroatoms. The van der Waals surface area contributed by atoms with E-state index in [0.29, 0.717) is 41.0 Å². The highest BCUT2D eigenvalue weighted by atomic mass is 16.5. The Morgan fingerprint density at radius 3 is 2.68 bits per heavy atom. The fraction of sp³-hybridized carbons (Fsp3) is 0.333. The van der Waals surface area contributed by atoms with Gasteiger partial charge in [-0.15, -0.1) is 0 Å². The number of aromatic hydroxyl groups is 1. The molecule has 0 saturated heterocycles. The molecule has 4 rings (SSSR count). The van der Waals surface area contributed by atoms with Crippen LogP contribution in [-0.4, -0.2) is 54.6 Å². The van der Waals surface area contributed by atoms with Crippen LogP contribution in [0.4, 0.5) is 0 Å². The molecule has 2 heterocycles. The third-order valence-electron chi connectivity index (χ3n) is 5.48. The average molecular weight is 422 g/mol. The van der Waals surface area contributed by atoms with E-state index in [1.165, 1.54) is 6.07 Å². The lowest BCUT2D eigenvalue weighted by atomic mass is 9.98. The normalized spacial score (nSPS) is 15.7. The first-order valence-corrected chi connectivity index (χ1v) is 10.4. The first-order valence-electron chi connectivity index (χ1n) is 10.4. The van der Waals surface area contributed by atoms with Gasteiger partial charge in [0, 0.05) is 6.54 Å². The van der Waals surface area contributed by atoms with Gasteiger partial charge in [-0.05, 0) is 63.8 Å². The maximum Gasteiger partial charge on any atom is 0.290 e. The molecule has 0 fully saturated rings. The number of carbonyl (C=O) groups is 1. The molecule has 0 saturated carbocycles. The lowest BCUT2D eigenvalue weighted by Gasteiger charge is -2.26. The van der Waals surface area contributed by atoms with Gasteiger partial charge in [0.25, 0.3) is 5.91 Å². The van der Waals surface area contributed by atoms with E-state index < -0.39 is 6.04 Å². The van der Waals surface area contributed by atoms with E-state index >= 15 is 0 Å². The molecule has 1 atom stereocenters. The lowest BCUT2D eigenvalue weighted by molar-refractivity contribution is 0.0722. The van der Waals surface area contributed by atoms with Gasteiger partial charge in [0.1, 0.15) is 5.58 Å². The maximum atomic E-state index is 13.4. The number of hydrogen-bond acceptors (Lipinski definition) is 6. The molecule has 0 spiro atoms. The summed E-state index contributed by atoms with van der Waals surface area (Å²) >= 11 is 0. The van der Waals surface area contributed by atoms with Gasteiger partial charge in [0.05, 0.1) is 23.6 Å². The van der Waals surface area contributed by atoms with Crippen molar-refractivity contribution in [2.45, 2.75) is 19.4 Å². The first-order chi connectivity index (χ1) is 14.9. The highest BCUT2D eigenvalue weighted by Crippen LogP contribution is 2.40. The summed E-state index contributed by atoms with van der Waals surface area (Å²) in [5.41, 5.74) is 1.22. The van der Waals surface area contributed by atoms with Crippen molar-refractivity contribution in [2.75, 3.05) is 33.8 Å². The van der Waals surface area contributed by atoms with Gasteiger partial charge in [-0.2, -0.15) is 0 Å². The monoisotopic (exact) mass is 422 g/mol. The topological polar surface area (TPSA) is 83.2 Å². The van der Waals surface area contributed by atoms with Crippen LogP contribution in [-0.2, 0) is 0 Å². The van der Waals surface area contributed by atoms with Crippen LogP contribution in [0.5, 0.6) is 11.5 Å². The van der Waals surface area contributed by atoms with Gasteiger partial charge in [0.15, 0.2) is 16.9 Å². The van der Waals surface area contributed by atoms with E-state index in [-0.39, 0.29) is 22.8 Å². The van der Waals surface area contributed by atoms with E-state index in [4.69, 9.17) is 9.15 Å². The highest BCUT2D eigenvalue weighted by Gasteiger charge is 2.42. The van der Waals surface area contributed by atoms with Gasteiger partial charge in [0.2, 0.25) is 5.76 Å². The summed E-state index contributed by atoms with van der Waals surface area (Å²) < 4.78 is 11.5. The van der Waals surface area contributed by atoms with Gasteiger partial charge in [-0.3, -0.25) is 9.59 Å². The van der Waals surface area contributed by atoms with Gasteiger partial charge >= 0.3 is 0 Å². The zero-order valence-electron chi connectivity index (χ0n) is 17.9. The fourth-order valence-corrected chi connectivity index (χ4v) is 4.07. The van der Waals surface area contributed by atoms with Crippen LogP contribution >= 0.6 is 0 Å². The number of nitrogens with zero attached hydrogens (tertiary/aromatic N) is 2. The molecule has 1 amide bonds. The third-order valence-corrected chi connectivity index (χ3v) is 5.48. The summed E-state index contributed by atoms with van der Waals surface area (Å²) in [6, 6.07) is 11.3. The quantitative estimate of drug-likeness (QED) is 0.628. The zero-order valence-corrected chi connectivity index (χ0v) is 17.9. The second kappa shape index (κ2) is 8.43. The maximum absolute atomic E-state index is 13.4. The van der Waals surface area contributed by atoms with E-state index in [0.717, 1.165) is 13.0 Å². The SMILES string of the molecule is CCOc1cc(C2c3c(oc4ccccc4c3=O)C(=O)N2CCCN(C)C)ccc1O. The molecular weight excluding hydrogens is 396 g/mol. The predicted octanol–water partition coefficient (Wildman–Crippen LogP) is 3.39. The molecule has 1 aromatic heterocycles. The Labute approximate surface area is 180 Å². The van der Waals surface area contributed by atoms with Crippen LogP contribution in [0.3, 0.4) is 0 Å². The Hall–Kier alpha value is -3.32. The van der Waals surface area contributed by atoms with E-state index in [1.807, 2.05) is 25.9 Å². The van der Waals surface area contributed by atoms with Crippen LogP contribution in [0.1, 0.15) is 41.1 Å². The largest absolute Gasteiger partial charge is 0.504 e. The van der Waals surface area contributed by atoms with E-state index in [2.05, 4.69) is 0 Å². The Kier molecular flexibility index (Phi) is 5.69. The number of phenolic OH excluding ortho intramolecular Hbond substituents is 1.